The van der Waals surface area contributed by atoms with Crippen molar-refractivity contribution in [2.24, 2.45) is 0 Å². The van der Waals surface area contributed by atoms with Gasteiger partial charge in [0.1, 0.15) is 17.2 Å². The van der Waals surface area contributed by atoms with Crippen LogP contribution in [0.1, 0.15) is 20.8 Å². The first kappa shape index (κ1) is 13.6. The Hall–Kier alpha value is -2.83. The van der Waals surface area contributed by atoms with Crippen molar-refractivity contribution in [2.45, 2.75) is 0 Å². The maximum absolute atomic E-state index is 13.4. The Balaban J connectivity index is 2.36. The molecule has 0 radical (unpaired) electrons. The molecule has 1 aromatic carbocycles. The summed E-state index contributed by atoms with van der Waals surface area (Å²) in [5.41, 5.74) is -1.35. The minimum atomic E-state index is -1.37. The summed E-state index contributed by atoms with van der Waals surface area (Å²) in [5, 5.41) is 11.0. The number of hydrogen-bond donors (Lipinski definition) is 2. The van der Waals surface area contributed by atoms with E-state index in [1.807, 2.05) is 0 Å². The second-order valence-corrected chi connectivity index (χ2v) is 3.76. The summed E-state index contributed by atoms with van der Waals surface area (Å²) in [6, 6.07) is 5.64. The molecule has 2 N–H and O–H groups in total. The number of carboxylic acids is 1. The first-order chi connectivity index (χ1) is 9.50. The molecular weight excluding hydrogens is 270 g/mol. The smallest absolute Gasteiger partial charge is 0.356 e. The fourth-order valence-electron chi connectivity index (χ4n) is 1.58. The van der Waals surface area contributed by atoms with Crippen molar-refractivity contribution in [2.75, 3.05) is 5.32 Å². The number of nitrogens with zero attached hydrogens (tertiary/aromatic N) is 1. The lowest BCUT2D eigenvalue weighted by molar-refractivity contribution is 0.0691. The Kier molecular flexibility index (Phi) is 3.69. The first-order valence-corrected chi connectivity index (χ1v) is 5.44. The molecule has 0 unspecified atom stereocenters. The zero-order valence-corrected chi connectivity index (χ0v) is 9.93. The van der Waals surface area contributed by atoms with Crippen LogP contribution in [-0.4, -0.2) is 22.0 Å². The molecule has 1 heterocycles. The van der Waals surface area contributed by atoms with Gasteiger partial charge in [-0.05, 0) is 24.3 Å². The van der Waals surface area contributed by atoms with Crippen LogP contribution in [-0.2, 0) is 0 Å². The summed E-state index contributed by atoms with van der Waals surface area (Å²) in [7, 11) is 0. The van der Waals surface area contributed by atoms with Gasteiger partial charge in [0.15, 0.2) is 5.69 Å². The lowest BCUT2D eigenvalue weighted by Crippen LogP contribution is -2.18. The Labute approximate surface area is 111 Å². The van der Waals surface area contributed by atoms with Gasteiger partial charge in [0, 0.05) is 6.20 Å². The van der Waals surface area contributed by atoms with E-state index in [9.17, 15) is 18.4 Å². The monoisotopic (exact) mass is 278 g/mol. The molecule has 0 saturated heterocycles. The van der Waals surface area contributed by atoms with Gasteiger partial charge in [0.05, 0.1) is 5.69 Å². The number of halogens is 2. The van der Waals surface area contributed by atoms with E-state index in [0.717, 1.165) is 18.2 Å². The highest BCUT2D eigenvalue weighted by Gasteiger charge is 2.19. The minimum absolute atomic E-state index is 0.146. The zero-order chi connectivity index (χ0) is 14.7. The summed E-state index contributed by atoms with van der Waals surface area (Å²) in [6.07, 6.45) is 1.22. The molecule has 2 aromatic rings. The molecule has 1 amide bonds. The lowest BCUT2D eigenvalue weighted by Gasteiger charge is -2.08. The minimum Gasteiger partial charge on any atom is -0.476 e. The standard InChI is InChI=1S/C13H8F2N2O3/c14-7-3-1-4-8(15)10(7)12(18)17-9-5-2-6-16-11(9)13(19)20/h1-6H,(H,17,18)(H,19,20). The van der Waals surface area contributed by atoms with Gasteiger partial charge in [0.25, 0.3) is 5.91 Å². The molecule has 5 nitrogen and oxygen atoms in total. The maximum Gasteiger partial charge on any atom is 0.356 e. The fraction of sp³-hybridized carbons (Fsp3) is 0. The number of aromatic carboxylic acids is 1. The third kappa shape index (κ3) is 2.61. The molecule has 0 bridgehead atoms. The lowest BCUT2D eigenvalue weighted by atomic mass is 10.1. The third-order valence-corrected chi connectivity index (χ3v) is 2.45. The van der Waals surface area contributed by atoms with Crippen LogP contribution in [0, 0.1) is 11.6 Å². The summed E-state index contributed by atoms with van der Waals surface area (Å²) in [5.74, 6) is -4.53. The Bertz CT molecular complexity index is 669. The fourth-order valence-corrected chi connectivity index (χ4v) is 1.58. The maximum atomic E-state index is 13.4. The van der Waals surface area contributed by atoms with Gasteiger partial charge in [-0.3, -0.25) is 4.79 Å². The molecular formula is C13H8F2N2O3. The number of pyridine rings is 1. The van der Waals surface area contributed by atoms with Crippen LogP contribution in [0.5, 0.6) is 0 Å². The van der Waals surface area contributed by atoms with Crippen molar-refractivity contribution in [1.82, 2.24) is 4.98 Å². The Morgan fingerprint density at radius 1 is 1.10 bits per heavy atom. The number of benzene rings is 1. The zero-order valence-electron chi connectivity index (χ0n) is 9.93. The molecule has 0 aliphatic heterocycles. The van der Waals surface area contributed by atoms with Crippen LogP contribution in [0.3, 0.4) is 0 Å². The number of rotatable bonds is 3. The molecule has 20 heavy (non-hydrogen) atoms. The number of anilines is 1. The molecule has 2 rings (SSSR count). The topological polar surface area (TPSA) is 79.3 Å². The molecule has 7 heteroatoms. The van der Waals surface area contributed by atoms with Crippen molar-refractivity contribution in [3.63, 3.8) is 0 Å². The number of aromatic nitrogens is 1. The summed E-state index contributed by atoms with van der Waals surface area (Å²) in [6.45, 7) is 0. The van der Waals surface area contributed by atoms with Gasteiger partial charge in [-0.1, -0.05) is 6.07 Å². The van der Waals surface area contributed by atoms with Gasteiger partial charge in [-0.2, -0.15) is 0 Å². The first-order valence-electron chi connectivity index (χ1n) is 5.44. The highest BCUT2D eigenvalue weighted by molar-refractivity contribution is 6.07. The molecule has 0 aliphatic carbocycles. The van der Waals surface area contributed by atoms with E-state index >= 15 is 0 Å². The number of carbonyl (C=O) groups is 2. The van der Waals surface area contributed by atoms with Gasteiger partial charge in [0.2, 0.25) is 0 Å². The Morgan fingerprint density at radius 2 is 1.75 bits per heavy atom. The van der Waals surface area contributed by atoms with Crippen LogP contribution >= 0.6 is 0 Å². The number of carbonyl (C=O) groups excluding carboxylic acids is 1. The number of nitrogens with one attached hydrogen (secondary N) is 1. The largest absolute Gasteiger partial charge is 0.476 e. The molecule has 0 spiro atoms. The van der Waals surface area contributed by atoms with Crippen molar-refractivity contribution in [3.05, 3.63) is 59.4 Å². The van der Waals surface area contributed by atoms with E-state index in [4.69, 9.17) is 5.11 Å². The highest BCUT2D eigenvalue weighted by atomic mass is 19.1. The van der Waals surface area contributed by atoms with E-state index < -0.39 is 34.8 Å². The molecule has 0 aliphatic rings. The third-order valence-electron chi connectivity index (χ3n) is 2.45. The van der Waals surface area contributed by atoms with Crippen molar-refractivity contribution < 1.29 is 23.5 Å². The second kappa shape index (κ2) is 5.43. The predicted octanol–water partition coefficient (Wildman–Crippen LogP) is 2.31. The van der Waals surface area contributed by atoms with Gasteiger partial charge >= 0.3 is 5.97 Å². The van der Waals surface area contributed by atoms with E-state index in [2.05, 4.69) is 10.3 Å². The van der Waals surface area contributed by atoms with Gasteiger partial charge < -0.3 is 10.4 Å². The molecule has 1 aromatic heterocycles. The molecule has 0 saturated carbocycles. The Morgan fingerprint density at radius 3 is 2.35 bits per heavy atom. The number of hydrogen-bond acceptors (Lipinski definition) is 3. The predicted molar refractivity (Wildman–Crippen MR) is 65.5 cm³/mol. The number of amides is 1. The van der Waals surface area contributed by atoms with Gasteiger partial charge in [-0.25, -0.2) is 18.6 Å². The van der Waals surface area contributed by atoms with E-state index in [1.165, 1.54) is 18.3 Å². The SMILES string of the molecule is O=C(O)c1ncccc1NC(=O)c1c(F)cccc1F. The second-order valence-electron chi connectivity index (χ2n) is 3.76. The van der Waals surface area contributed by atoms with E-state index in [1.54, 1.807) is 0 Å². The normalized spacial score (nSPS) is 10.1. The van der Waals surface area contributed by atoms with Crippen LogP contribution in [0.2, 0.25) is 0 Å². The van der Waals surface area contributed by atoms with Crippen molar-refractivity contribution in [1.29, 1.82) is 0 Å². The van der Waals surface area contributed by atoms with Crippen LogP contribution < -0.4 is 5.32 Å². The van der Waals surface area contributed by atoms with Crippen LogP contribution in [0.25, 0.3) is 0 Å². The van der Waals surface area contributed by atoms with Crippen LogP contribution in [0.4, 0.5) is 14.5 Å². The average Bonchev–Trinajstić information content (AvgIpc) is 2.38. The number of carboxylic acid groups (broad SMARTS) is 1. The van der Waals surface area contributed by atoms with Crippen molar-refractivity contribution in [3.8, 4) is 0 Å². The molecule has 0 atom stereocenters. The van der Waals surface area contributed by atoms with E-state index in [-0.39, 0.29) is 5.69 Å². The average molecular weight is 278 g/mol. The van der Waals surface area contributed by atoms with Gasteiger partial charge in [-0.15, -0.1) is 0 Å². The van der Waals surface area contributed by atoms with Crippen LogP contribution in [0.15, 0.2) is 36.5 Å². The highest BCUT2D eigenvalue weighted by Crippen LogP contribution is 2.17. The quantitative estimate of drug-likeness (QED) is 0.903. The summed E-state index contributed by atoms with van der Waals surface area (Å²) >= 11 is 0. The molecule has 0 fully saturated rings. The summed E-state index contributed by atoms with van der Waals surface area (Å²) < 4.78 is 26.9. The molecule has 102 valence electrons. The van der Waals surface area contributed by atoms with E-state index in [0.29, 0.717) is 0 Å². The van der Waals surface area contributed by atoms with Crippen molar-refractivity contribution >= 4 is 17.6 Å². The summed E-state index contributed by atoms with van der Waals surface area (Å²) in [4.78, 5) is 26.3.